The van der Waals surface area contributed by atoms with Crippen LogP contribution in [0.3, 0.4) is 0 Å². The molecule has 0 bridgehead atoms. The molecule has 1 aromatic heterocycles. The molecule has 7 heteroatoms. The Labute approximate surface area is 182 Å². The monoisotopic (exact) mass is 426 g/mol. The number of aliphatic hydroxyl groups is 1. The first-order valence-electron chi connectivity index (χ1n) is 10.8. The lowest BCUT2D eigenvalue weighted by atomic mass is 9.95. The number of rotatable bonds is 7. The number of amides is 1. The third-order valence-electron chi connectivity index (χ3n) is 5.78. The van der Waals surface area contributed by atoms with E-state index in [-0.39, 0.29) is 30.5 Å². The van der Waals surface area contributed by atoms with Gasteiger partial charge in [0.25, 0.3) is 11.7 Å². The summed E-state index contributed by atoms with van der Waals surface area (Å²) in [6.45, 7) is 6.02. The molecule has 1 atom stereocenters. The Morgan fingerprint density at radius 3 is 2.52 bits per heavy atom. The van der Waals surface area contributed by atoms with Gasteiger partial charge in [-0.15, -0.1) is 0 Å². The summed E-state index contributed by atoms with van der Waals surface area (Å²) >= 11 is 0. The summed E-state index contributed by atoms with van der Waals surface area (Å²) in [7, 11) is 0. The van der Waals surface area contributed by atoms with E-state index < -0.39 is 17.7 Å². The lowest BCUT2D eigenvalue weighted by molar-refractivity contribution is -0.130. The van der Waals surface area contributed by atoms with Crippen LogP contribution in [0.1, 0.15) is 64.7 Å². The summed E-state index contributed by atoms with van der Waals surface area (Å²) in [5.74, 6) is -1.82. The van der Waals surface area contributed by atoms with Gasteiger partial charge in [-0.2, -0.15) is 0 Å². The van der Waals surface area contributed by atoms with Crippen LogP contribution in [0.5, 0.6) is 0 Å². The van der Waals surface area contributed by atoms with Crippen LogP contribution < -0.4 is 0 Å². The number of Topliss-reactive ketones (excluding diaryl/α,β-unsaturated/α-hetero) is 1. The molecule has 1 aromatic carbocycles. The van der Waals surface area contributed by atoms with Gasteiger partial charge in [-0.25, -0.2) is 4.79 Å². The number of aryl methyl sites for hydroxylation is 2. The van der Waals surface area contributed by atoms with Gasteiger partial charge < -0.3 is 19.7 Å². The van der Waals surface area contributed by atoms with Gasteiger partial charge in [-0.05, 0) is 52.0 Å². The van der Waals surface area contributed by atoms with Gasteiger partial charge in [0.15, 0.2) is 0 Å². The van der Waals surface area contributed by atoms with E-state index in [0.717, 1.165) is 24.8 Å². The van der Waals surface area contributed by atoms with Crippen LogP contribution in [0.2, 0.25) is 0 Å². The van der Waals surface area contributed by atoms with Gasteiger partial charge in [-0.3, -0.25) is 9.59 Å². The van der Waals surface area contributed by atoms with Crippen LogP contribution in [0.4, 0.5) is 0 Å². The molecule has 0 aliphatic carbocycles. The number of hydrogen-bond donors (Lipinski definition) is 2. The van der Waals surface area contributed by atoms with Crippen molar-refractivity contribution in [1.29, 1.82) is 0 Å². The van der Waals surface area contributed by atoms with E-state index in [0.29, 0.717) is 29.8 Å². The molecule has 1 saturated heterocycles. The molecule has 0 spiro atoms. The number of aliphatic hydroxyl groups excluding tert-OH is 1. The number of ketones is 1. The third-order valence-corrected chi connectivity index (χ3v) is 5.78. The van der Waals surface area contributed by atoms with E-state index in [9.17, 15) is 19.5 Å². The molecule has 1 fully saturated rings. The Balaban J connectivity index is 2.06. The minimum Gasteiger partial charge on any atom is -0.462 e. The molecule has 2 heterocycles. The molecule has 2 aromatic rings. The van der Waals surface area contributed by atoms with Gasteiger partial charge in [0.1, 0.15) is 5.69 Å². The largest absolute Gasteiger partial charge is 0.462 e. The van der Waals surface area contributed by atoms with Gasteiger partial charge in [0, 0.05) is 30.5 Å². The van der Waals surface area contributed by atoms with Crippen molar-refractivity contribution in [2.45, 2.75) is 52.5 Å². The van der Waals surface area contributed by atoms with E-state index in [1.54, 1.807) is 18.7 Å². The van der Waals surface area contributed by atoms with E-state index >= 15 is 0 Å². The zero-order valence-corrected chi connectivity index (χ0v) is 18.4. The van der Waals surface area contributed by atoms with Crippen molar-refractivity contribution in [1.82, 2.24) is 9.88 Å². The minimum atomic E-state index is -0.681. The molecule has 2 N–H and O–H groups in total. The van der Waals surface area contributed by atoms with Gasteiger partial charge >= 0.3 is 5.97 Å². The number of benzene rings is 1. The van der Waals surface area contributed by atoms with Gasteiger partial charge in [-0.1, -0.05) is 29.8 Å². The zero-order chi connectivity index (χ0) is 22.5. The normalized spacial score (nSPS) is 16.3. The molecule has 1 amide bonds. The quantitative estimate of drug-likeness (QED) is 0.401. The number of hydrogen-bond acceptors (Lipinski definition) is 5. The van der Waals surface area contributed by atoms with E-state index in [1.165, 1.54) is 0 Å². The molecule has 31 heavy (non-hydrogen) atoms. The second-order valence-corrected chi connectivity index (χ2v) is 7.95. The lowest BCUT2D eigenvalue weighted by Crippen LogP contribution is -2.47. The molecule has 1 aliphatic rings. The second kappa shape index (κ2) is 9.92. The smallest absolute Gasteiger partial charge is 0.340 e. The summed E-state index contributed by atoms with van der Waals surface area (Å²) < 4.78 is 5.22. The summed E-state index contributed by atoms with van der Waals surface area (Å²) in [4.78, 5) is 43.8. The first-order valence-corrected chi connectivity index (χ1v) is 10.8. The van der Waals surface area contributed by atoms with Gasteiger partial charge in [0.05, 0.1) is 12.2 Å². The van der Waals surface area contributed by atoms with Gasteiger partial charge in [0.2, 0.25) is 0 Å². The van der Waals surface area contributed by atoms with Crippen LogP contribution in [0.25, 0.3) is 11.1 Å². The fraction of sp³-hybridized carbons (Fsp3) is 0.458. The number of aromatic amines is 1. The molecular weight excluding hydrogens is 396 g/mol. The van der Waals surface area contributed by atoms with Crippen molar-refractivity contribution < 1.29 is 24.2 Å². The van der Waals surface area contributed by atoms with Crippen LogP contribution in [-0.2, 0) is 9.53 Å². The van der Waals surface area contributed by atoms with Crippen LogP contribution in [-0.4, -0.2) is 58.5 Å². The first kappa shape index (κ1) is 22.7. The van der Waals surface area contributed by atoms with Crippen molar-refractivity contribution >= 4 is 17.7 Å². The number of piperidine rings is 1. The minimum absolute atomic E-state index is 0.0358. The fourth-order valence-corrected chi connectivity index (χ4v) is 4.22. The molecule has 7 nitrogen and oxygen atoms in total. The Morgan fingerprint density at radius 2 is 1.87 bits per heavy atom. The van der Waals surface area contributed by atoms with Crippen LogP contribution in [0, 0.1) is 13.8 Å². The molecule has 0 unspecified atom stereocenters. The number of carbonyl (C=O) groups excluding carboxylic acids is 3. The maximum absolute atomic E-state index is 13.4. The number of esters is 1. The Bertz CT molecular complexity index is 959. The number of aromatic nitrogens is 1. The molecule has 1 aliphatic heterocycles. The fourth-order valence-electron chi connectivity index (χ4n) is 4.22. The number of ether oxygens (including phenoxy) is 1. The first-order chi connectivity index (χ1) is 14.9. The average Bonchev–Trinajstić information content (AvgIpc) is 3.11. The Kier molecular flexibility index (Phi) is 7.28. The topological polar surface area (TPSA) is 99.7 Å². The maximum Gasteiger partial charge on any atom is 0.340 e. The standard InChI is InChI=1S/C24H30N2O5/c1-4-31-24(30)19-16(3)25-21(20(19)17-10-8-15(2)9-11-17)22(28)23(29)26-13-6-5-7-18(26)12-14-27/h8-11,18,25,27H,4-7,12-14H2,1-3H3/t18-/m0/s1. The van der Waals surface area contributed by atoms with E-state index in [2.05, 4.69) is 4.98 Å². The highest BCUT2D eigenvalue weighted by molar-refractivity contribution is 6.43. The molecule has 0 radical (unpaired) electrons. The lowest BCUT2D eigenvalue weighted by Gasteiger charge is -2.35. The van der Waals surface area contributed by atoms with Crippen molar-refractivity contribution in [2.75, 3.05) is 19.8 Å². The van der Waals surface area contributed by atoms with Crippen LogP contribution in [0.15, 0.2) is 24.3 Å². The van der Waals surface area contributed by atoms with Crippen molar-refractivity contribution in [3.05, 3.63) is 46.8 Å². The molecule has 3 rings (SSSR count). The zero-order valence-electron chi connectivity index (χ0n) is 18.4. The van der Waals surface area contributed by atoms with E-state index in [1.807, 2.05) is 31.2 Å². The highest BCUT2D eigenvalue weighted by Crippen LogP contribution is 2.32. The number of nitrogens with zero attached hydrogens (tertiary/aromatic N) is 1. The second-order valence-electron chi connectivity index (χ2n) is 7.95. The van der Waals surface area contributed by atoms with Crippen molar-refractivity contribution in [2.24, 2.45) is 0 Å². The highest BCUT2D eigenvalue weighted by atomic mass is 16.5. The number of H-pyrrole nitrogens is 1. The van der Waals surface area contributed by atoms with Crippen molar-refractivity contribution in [3.63, 3.8) is 0 Å². The summed E-state index contributed by atoms with van der Waals surface area (Å²) in [6.07, 6.45) is 3.00. The third kappa shape index (κ3) is 4.71. The van der Waals surface area contributed by atoms with E-state index in [4.69, 9.17) is 4.74 Å². The predicted octanol–water partition coefficient (Wildman–Crippen LogP) is 3.42. The van der Waals surface area contributed by atoms with Crippen molar-refractivity contribution in [3.8, 4) is 11.1 Å². The maximum atomic E-state index is 13.4. The summed E-state index contributed by atoms with van der Waals surface area (Å²) in [5.41, 5.74) is 2.95. The SMILES string of the molecule is CCOC(=O)c1c(C)[nH]c(C(=O)C(=O)N2CCCC[C@H]2CCO)c1-c1ccc(C)cc1. The number of likely N-dealkylation sites (tertiary alicyclic amines) is 1. The molecule has 0 saturated carbocycles. The number of nitrogens with one attached hydrogen (secondary N) is 1. The molecular formula is C24H30N2O5. The molecule has 166 valence electrons. The predicted molar refractivity (Wildman–Crippen MR) is 117 cm³/mol. The Hall–Kier alpha value is -2.93. The highest BCUT2D eigenvalue weighted by Gasteiger charge is 2.35. The summed E-state index contributed by atoms with van der Waals surface area (Å²) in [5, 5.41) is 9.36. The number of carbonyl (C=O) groups is 3. The summed E-state index contributed by atoms with van der Waals surface area (Å²) in [6, 6.07) is 7.29. The van der Waals surface area contributed by atoms with Crippen LogP contribution >= 0.6 is 0 Å². The average molecular weight is 427 g/mol. The Morgan fingerprint density at radius 1 is 1.16 bits per heavy atom.